The lowest BCUT2D eigenvalue weighted by atomic mass is 10.1. The number of nitrogens with zero attached hydrogens (tertiary/aromatic N) is 1. The highest BCUT2D eigenvalue weighted by Crippen LogP contribution is 2.32. The van der Waals surface area contributed by atoms with Gasteiger partial charge in [0.2, 0.25) is 0 Å². The van der Waals surface area contributed by atoms with Gasteiger partial charge >= 0.3 is 0 Å². The molecule has 0 amide bonds. The normalized spacial score (nSPS) is 12.5. The van der Waals surface area contributed by atoms with E-state index in [9.17, 15) is 25.6 Å². The molecule has 2 aromatic carbocycles. The third-order valence-electron chi connectivity index (χ3n) is 3.31. The molecule has 0 saturated heterocycles. The molecule has 0 aliphatic carbocycles. The van der Waals surface area contributed by atoms with Crippen molar-refractivity contribution < 1.29 is 25.6 Å². The van der Waals surface area contributed by atoms with Crippen LogP contribution < -0.4 is 0 Å². The molecule has 1 atom stereocenters. The monoisotopic (exact) mass is 291 g/mol. The number of hydroxylamine groups is 2. The Morgan fingerprint density at radius 3 is 2.05 bits per heavy atom. The fourth-order valence-corrected chi connectivity index (χ4v) is 2.04. The van der Waals surface area contributed by atoms with Crippen LogP contribution in [0.15, 0.2) is 36.4 Å². The molecule has 2 rings (SSSR count). The fourth-order valence-electron chi connectivity index (χ4n) is 2.04. The number of phenols is 4. The molecule has 0 aromatic heterocycles. The Morgan fingerprint density at radius 1 is 0.905 bits per heavy atom. The quantitative estimate of drug-likeness (QED) is 0.554. The standard InChI is InChI=1S/C15H17NO5/c1-9(13-5-4-12(18)7-15(13)20)16(21)8-10-2-3-11(17)6-14(10)19/h2-7,9,17-21H,8H2,1H3. The van der Waals surface area contributed by atoms with Gasteiger partial charge in [-0.2, -0.15) is 5.06 Å². The van der Waals surface area contributed by atoms with Crippen molar-refractivity contribution in [2.75, 3.05) is 0 Å². The molecule has 0 bridgehead atoms. The molecule has 0 spiro atoms. The van der Waals surface area contributed by atoms with Crippen LogP contribution in [-0.4, -0.2) is 30.7 Å². The van der Waals surface area contributed by atoms with E-state index >= 15 is 0 Å². The molecular formula is C15H17NO5. The molecule has 0 saturated carbocycles. The zero-order valence-electron chi connectivity index (χ0n) is 11.4. The van der Waals surface area contributed by atoms with Gasteiger partial charge in [0.1, 0.15) is 23.0 Å². The lowest BCUT2D eigenvalue weighted by Gasteiger charge is -2.24. The predicted molar refractivity (Wildman–Crippen MR) is 75.3 cm³/mol. The Kier molecular flexibility index (Phi) is 4.21. The van der Waals surface area contributed by atoms with Crippen LogP contribution in [0.1, 0.15) is 24.1 Å². The van der Waals surface area contributed by atoms with Crippen molar-refractivity contribution in [2.24, 2.45) is 0 Å². The van der Waals surface area contributed by atoms with Gasteiger partial charge in [-0.15, -0.1) is 0 Å². The highest BCUT2D eigenvalue weighted by Gasteiger charge is 2.19. The van der Waals surface area contributed by atoms with Crippen molar-refractivity contribution in [2.45, 2.75) is 19.5 Å². The van der Waals surface area contributed by atoms with Crippen LogP contribution in [0.5, 0.6) is 23.0 Å². The van der Waals surface area contributed by atoms with Crippen LogP contribution in [0.4, 0.5) is 0 Å². The second-order valence-corrected chi connectivity index (χ2v) is 4.83. The summed E-state index contributed by atoms with van der Waals surface area (Å²) in [6.07, 6.45) is 0. The first kappa shape index (κ1) is 15.0. The van der Waals surface area contributed by atoms with Gasteiger partial charge in [0.25, 0.3) is 0 Å². The van der Waals surface area contributed by atoms with Crippen molar-refractivity contribution >= 4 is 0 Å². The lowest BCUT2D eigenvalue weighted by Crippen LogP contribution is -2.22. The fraction of sp³-hybridized carbons (Fsp3) is 0.200. The van der Waals surface area contributed by atoms with Crippen LogP contribution in [-0.2, 0) is 6.54 Å². The third kappa shape index (κ3) is 3.36. The highest BCUT2D eigenvalue weighted by molar-refractivity contribution is 5.41. The maximum atomic E-state index is 10.1. The molecule has 2 aromatic rings. The zero-order chi connectivity index (χ0) is 15.6. The average molecular weight is 291 g/mol. The molecule has 0 aliphatic heterocycles. The van der Waals surface area contributed by atoms with Gasteiger partial charge in [-0.3, -0.25) is 0 Å². The molecule has 0 heterocycles. The SMILES string of the molecule is CC(c1ccc(O)cc1O)N(O)Cc1ccc(O)cc1O. The summed E-state index contributed by atoms with van der Waals surface area (Å²) in [5.41, 5.74) is 0.869. The Bertz CT molecular complexity index is 644. The lowest BCUT2D eigenvalue weighted by molar-refractivity contribution is -0.133. The van der Waals surface area contributed by atoms with Gasteiger partial charge in [-0.25, -0.2) is 0 Å². The van der Waals surface area contributed by atoms with E-state index < -0.39 is 6.04 Å². The molecule has 6 heteroatoms. The third-order valence-corrected chi connectivity index (χ3v) is 3.31. The maximum Gasteiger partial charge on any atom is 0.124 e. The van der Waals surface area contributed by atoms with Crippen molar-refractivity contribution in [1.29, 1.82) is 0 Å². The van der Waals surface area contributed by atoms with E-state index in [4.69, 9.17) is 0 Å². The summed E-state index contributed by atoms with van der Waals surface area (Å²) in [5, 5.41) is 49.0. The van der Waals surface area contributed by atoms with E-state index in [1.54, 1.807) is 6.92 Å². The number of hydrogen-bond acceptors (Lipinski definition) is 6. The Balaban J connectivity index is 2.17. The molecule has 112 valence electrons. The number of benzene rings is 2. The van der Waals surface area contributed by atoms with Gasteiger partial charge in [0, 0.05) is 23.3 Å². The minimum Gasteiger partial charge on any atom is -0.508 e. The number of rotatable bonds is 4. The average Bonchev–Trinajstić information content (AvgIpc) is 2.41. The Hall–Kier alpha value is -2.44. The van der Waals surface area contributed by atoms with E-state index in [0.29, 0.717) is 11.1 Å². The molecule has 21 heavy (non-hydrogen) atoms. The minimum atomic E-state index is -0.557. The summed E-state index contributed by atoms with van der Waals surface area (Å²) in [4.78, 5) is 0. The van der Waals surface area contributed by atoms with E-state index in [0.717, 1.165) is 5.06 Å². The second kappa shape index (κ2) is 5.90. The molecule has 6 nitrogen and oxygen atoms in total. The molecule has 0 fully saturated rings. The molecule has 5 N–H and O–H groups in total. The van der Waals surface area contributed by atoms with Crippen LogP contribution in [0.25, 0.3) is 0 Å². The molecule has 0 radical (unpaired) electrons. The van der Waals surface area contributed by atoms with Crippen LogP contribution in [0, 0.1) is 0 Å². The van der Waals surface area contributed by atoms with Crippen LogP contribution in [0.2, 0.25) is 0 Å². The number of hydrogen-bond donors (Lipinski definition) is 5. The summed E-state index contributed by atoms with van der Waals surface area (Å²) in [5.74, 6) is -0.387. The van der Waals surface area contributed by atoms with Gasteiger partial charge < -0.3 is 25.6 Å². The first-order valence-electron chi connectivity index (χ1n) is 6.36. The summed E-state index contributed by atoms with van der Waals surface area (Å²) in [6.45, 7) is 1.68. The van der Waals surface area contributed by atoms with Crippen molar-refractivity contribution in [3.05, 3.63) is 47.5 Å². The van der Waals surface area contributed by atoms with E-state index in [1.807, 2.05) is 0 Å². The molecule has 1 unspecified atom stereocenters. The predicted octanol–water partition coefficient (Wildman–Crippen LogP) is 2.46. The van der Waals surface area contributed by atoms with E-state index in [-0.39, 0.29) is 29.5 Å². The molecule has 0 aliphatic rings. The Labute approximate surface area is 121 Å². The van der Waals surface area contributed by atoms with Gasteiger partial charge in [-0.05, 0) is 25.1 Å². The highest BCUT2D eigenvalue weighted by atomic mass is 16.5. The number of aromatic hydroxyl groups is 4. The Morgan fingerprint density at radius 2 is 1.48 bits per heavy atom. The van der Waals surface area contributed by atoms with E-state index in [1.165, 1.54) is 36.4 Å². The zero-order valence-corrected chi connectivity index (χ0v) is 11.4. The molecular weight excluding hydrogens is 274 g/mol. The summed E-state index contributed by atoms with van der Waals surface area (Å²) >= 11 is 0. The smallest absolute Gasteiger partial charge is 0.124 e. The maximum absolute atomic E-state index is 10.1. The topological polar surface area (TPSA) is 104 Å². The summed E-state index contributed by atoms with van der Waals surface area (Å²) < 4.78 is 0. The van der Waals surface area contributed by atoms with E-state index in [2.05, 4.69) is 0 Å². The van der Waals surface area contributed by atoms with Gasteiger partial charge in [-0.1, -0.05) is 6.07 Å². The van der Waals surface area contributed by atoms with Crippen LogP contribution >= 0.6 is 0 Å². The number of phenolic OH excluding ortho intramolecular Hbond substituents is 4. The van der Waals surface area contributed by atoms with Crippen molar-refractivity contribution in [1.82, 2.24) is 5.06 Å². The second-order valence-electron chi connectivity index (χ2n) is 4.83. The summed E-state index contributed by atoms with van der Waals surface area (Å²) in [6, 6.07) is 7.65. The van der Waals surface area contributed by atoms with Crippen molar-refractivity contribution in [3.8, 4) is 23.0 Å². The largest absolute Gasteiger partial charge is 0.508 e. The van der Waals surface area contributed by atoms with Gasteiger partial charge in [0.15, 0.2) is 0 Å². The van der Waals surface area contributed by atoms with Crippen molar-refractivity contribution in [3.63, 3.8) is 0 Å². The van der Waals surface area contributed by atoms with Crippen LogP contribution in [0.3, 0.4) is 0 Å². The first-order chi connectivity index (χ1) is 9.88. The minimum absolute atomic E-state index is 0.00754. The summed E-state index contributed by atoms with van der Waals surface area (Å²) in [7, 11) is 0. The van der Waals surface area contributed by atoms with Gasteiger partial charge in [0.05, 0.1) is 12.6 Å². The first-order valence-corrected chi connectivity index (χ1v) is 6.36.